The number of hydrogen-bond acceptors (Lipinski definition) is 4. The Kier molecular flexibility index (Phi) is 5.06. The Bertz CT molecular complexity index is 821. The molecule has 3 rings (SSSR count). The van der Waals surface area contributed by atoms with E-state index in [0.29, 0.717) is 31.4 Å². The maximum atomic E-state index is 12.6. The third-order valence-corrected chi connectivity index (χ3v) is 4.64. The molecular formula is C19H25N5O2. The van der Waals surface area contributed by atoms with E-state index < -0.39 is 0 Å². The van der Waals surface area contributed by atoms with Gasteiger partial charge in [0.2, 0.25) is 11.7 Å². The van der Waals surface area contributed by atoms with Crippen LogP contribution >= 0.6 is 0 Å². The van der Waals surface area contributed by atoms with Gasteiger partial charge in [0.25, 0.3) is 5.91 Å². The summed E-state index contributed by atoms with van der Waals surface area (Å²) in [6.07, 6.45) is 0. The lowest BCUT2D eigenvalue weighted by atomic mass is 9.99. The summed E-state index contributed by atoms with van der Waals surface area (Å²) in [5, 5.41) is 7.23. The van der Waals surface area contributed by atoms with Crippen LogP contribution in [-0.2, 0) is 4.79 Å². The molecule has 1 saturated heterocycles. The average Bonchev–Trinajstić information content (AvgIpc) is 2.95. The summed E-state index contributed by atoms with van der Waals surface area (Å²) in [6, 6.07) is 8.00. The number of amides is 2. The summed E-state index contributed by atoms with van der Waals surface area (Å²) in [5.74, 6) is 0.815. The molecule has 0 radical (unpaired) electrons. The topological polar surface area (TPSA) is 80.1 Å². The molecule has 0 unspecified atom stereocenters. The van der Waals surface area contributed by atoms with Crippen LogP contribution in [-0.4, -0.2) is 51.1 Å². The predicted octanol–water partition coefficient (Wildman–Crippen LogP) is 1.91. The normalized spacial score (nSPS) is 14.4. The Morgan fingerprint density at radius 2 is 1.96 bits per heavy atom. The highest BCUT2D eigenvalue weighted by atomic mass is 16.2. The van der Waals surface area contributed by atoms with Crippen LogP contribution in [0.5, 0.6) is 0 Å². The fourth-order valence-corrected chi connectivity index (χ4v) is 3.15. The van der Waals surface area contributed by atoms with Crippen molar-refractivity contribution in [2.45, 2.75) is 33.6 Å². The number of rotatable bonds is 5. The second-order valence-corrected chi connectivity index (χ2v) is 6.91. The van der Waals surface area contributed by atoms with E-state index >= 15 is 0 Å². The number of carbonyl (C=O) groups is 2. The van der Waals surface area contributed by atoms with Crippen LogP contribution in [0.25, 0.3) is 5.69 Å². The van der Waals surface area contributed by atoms with Crippen LogP contribution in [0.3, 0.4) is 0 Å². The Balaban J connectivity index is 1.78. The van der Waals surface area contributed by atoms with Crippen molar-refractivity contribution in [1.82, 2.24) is 25.0 Å². The zero-order valence-corrected chi connectivity index (χ0v) is 15.7. The van der Waals surface area contributed by atoms with E-state index in [1.54, 1.807) is 9.58 Å². The smallest absolute Gasteiger partial charge is 0.293 e. The van der Waals surface area contributed by atoms with Gasteiger partial charge in [-0.25, -0.2) is 9.67 Å². The Morgan fingerprint density at radius 3 is 2.62 bits per heavy atom. The minimum absolute atomic E-state index is 0.00270. The zero-order valence-electron chi connectivity index (χ0n) is 15.7. The van der Waals surface area contributed by atoms with Crippen molar-refractivity contribution in [1.29, 1.82) is 0 Å². The van der Waals surface area contributed by atoms with Crippen LogP contribution < -0.4 is 5.32 Å². The standard InChI is InChI=1S/C19H25N5O2/c1-5-20-18(25)14-10-23(11-14)19(26)17-21-13(4)24(22-17)16-9-7-6-8-15(16)12(2)3/h6-9,12,14H,5,10-11H2,1-4H3,(H,20,25). The Morgan fingerprint density at radius 1 is 1.27 bits per heavy atom. The summed E-state index contributed by atoms with van der Waals surface area (Å²) in [4.78, 5) is 30.4. The van der Waals surface area contributed by atoms with Crippen molar-refractivity contribution >= 4 is 11.8 Å². The molecule has 1 aromatic carbocycles. The van der Waals surface area contributed by atoms with Gasteiger partial charge in [0, 0.05) is 19.6 Å². The molecule has 0 bridgehead atoms. The molecule has 1 fully saturated rings. The first-order valence-electron chi connectivity index (χ1n) is 9.02. The molecular weight excluding hydrogens is 330 g/mol. The molecule has 7 nitrogen and oxygen atoms in total. The summed E-state index contributed by atoms with van der Waals surface area (Å²) < 4.78 is 1.73. The maximum Gasteiger partial charge on any atom is 0.293 e. The molecule has 2 aromatic rings. The first-order chi connectivity index (χ1) is 12.4. The van der Waals surface area contributed by atoms with Crippen molar-refractivity contribution in [3.63, 3.8) is 0 Å². The van der Waals surface area contributed by atoms with E-state index in [1.807, 2.05) is 32.0 Å². The number of hydrogen-bond donors (Lipinski definition) is 1. The van der Waals surface area contributed by atoms with Gasteiger partial charge in [-0.2, -0.15) is 0 Å². The number of benzene rings is 1. The third-order valence-electron chi connectivity index (χ3n) is 4.64. The number of likely N-dealkylation sites (tertiary alicyclic amines) is 1. The van der Waals surface area contributed by atoms with Crippen molar-refractivity contribution in [3.8, 4) is 5.69 Å². The number of nitrogens with zero attached hydrogens (tertiary/aromatic N) is 4. The first kappa shape index (κ1) is 18.1. The van der Waals surface area contributed by atoms with E-state index in [-0.39, 0.29) is 23.6 Å². The van der Waals surface area contributed by atoms with Gasteiger partial charge in [-0.3, -0.25) is 9.59 Å². The number of aromatic nitrogens is 3. The van der Waals surface area contributed by atoms with Crippen LogP contribution in [0.4, 0.5) is 0 Å². The molecule has 0 spiro atoms. The molecule has 26 heavy (non-hydrogen) atoms. The monoisotopic (exact) mass is 355 g/mol. The van der Waals surface area contributed by atoms with Gasteiger partial charge in [0.15, 0.2) is 0 Å². The minimum Gasteiger partial charge on any atom is -0.356 e. The van der Waals surface area contributed by atoms with E-state index in [0.717, 1.165) is 11.3 Å². The largest absolute Gasteiger partial charge is 0.356 e. The van der Waals surface area contributed by atoms with Crippen molar-refractivity contribution < 1.29 is 9.59 Å². The van der Waals surface area contributed by atoms with Crippen LogP contribution in [0.15, 0.2) is 24.3 Å². The van der Waals surface area contributed by atoms with E-state index in [1.165, 1.54) is 0 Å². The lowest BCUT2D eigenvalue weighted by molar-refractivity contribution is -0.128. The van der Waals surface area contributed by atoms with Gasteiger partial charge in [-0.1, -0.05) is 32.0 Å². The van der Waals surface area contributed by atoms with Gasteiger partial charge < -0.3 is 10.2 Å². The minimum atomic E-state index is -0.227. The molecule has 2 heterocycles. The van der Waals surface area contributed by atoms with Crippen LogP contribution in [0.2, 0.25) is 0 Å². The highest BCUT2D eigenvalue weighted by molar-refractivity contribution is 5.93. The van der Waals surface area contributed by atoms with E-state index in [4.69, 9.17) is 0 Å². The van der Waals surface area contributed by atoms with Gasteiger partial charge in [-0.15, -0.1) is 5.10 Å². The SMILES string of the molecule is CCNC(=O)C1CN(C(=O)c2nc(C)n(-c3ccccc3C(C)C)n2)C1. The molecule has 138 valence electrons. The van der Waals surface area contributed by atoms with Gasteiger partial charge in [-0.05, 0) is 31.4 Å². The second kappa shape index (κ2) is 7.27. The Hall–Kier alpha value is -2.70. The Labute approximate surface area is 153 Å². The molecule has 0 atom stereocenters. The molecule has 0 aliphatic carbocycles. The number of carbonyl (C=O) groups excluding carboxylic acids is 2. The zero-order chi connectivity index (χ0) is 18.8. The van der Waals surface area contributed by atoms with Crippen molar-refractivity contribution in [2.24, 2.45) is 5.92 Å². The molecule has 1 aromatic heterocycles. The van der Waals surface area contributed by atoms with Crippen LogP contribution in [0.1, 0.15) is 48.7 Å². The predicted molar refractivity (Wildman–Crippen MR) is 98.3 cm³/mol. The average molecular weight is 355 g/mol. The maximum absolute atomic E-state index is 12.6. The van der Waals surface area contributed by atoms with Gasteiger partial charge >= 0.3 is 0 Å². The summed E-state index contributed by atoms with van der Waals surface area (Å²) in [5.41, 5.74) is 2.09. The first-order valence-corrected chi connectivity index (χ1v) is 9.02. The van der Waals surface area contributed by atoms with Gasteiger partial charge in [0.05, 0.1) is 11.6 Å². The number of para-hydroxylation sites is 1. The van der Waals surface area contributed by atoms with Crippen LogP contribution in [0, 0.1) is 12.8 Å². The summed E-state index contributed by atoms with van der Waals surface area (Å²) in [7, 11) is 0. The quantitative estimate of drug-likeness (QED) is 0.888. The third kappa shape index (κ3) is 3.34. The fraction of sp³-hybridized carbons (Fsp3) is 0.474. The number of aryl methyl sites for hydroxylation is 1. The lowest BCUT2D eigenvalue weighted by Crippen LogP contribution is -2.55. The van der Waals surface area contributed by atoms with E-state index in [9.17, 15) is 9.59 Å². The highest BCUT2D eigenvalue weighted by Gasteiger charge is 2.37. The number of nitrogens with one attached hydrogen (secondary N) is 1. The molecule has 1 aliphatic rings. The molecule has 1 N–H and O–H groups in total. The summed E-state index contributed by atoms with van der Waals surface area (Å²) in [6.45, 7) is 9.41. The van der Waals surface area contributed by atoms with Crippen molar-refractivity contribution in [3.05, 3.63) is 41.5 Å². The molecule has 2 amide bonds. The molecule has 0 saturated carbocycles. The lowest BCUT2D eigenvalue weighted by Gasteiger charge is -2.37. The molecule has 7 heteroatoms. The van der Waals surface area contributed by atoms with Crippen molar-refractivity contribution in [2.75, 3.05) is 19.6 Å². The van der Waals surface area contributed by atoms with Gasteiger partial charge in [0.1, 0.15) is 5.82 Å². The second-order valence-electron chi connectivity index (χ2n) is 6.91. The fourth-order valence-electron chi connectivity index (χ4n) is 3.15. The van der Waals surface area contributed by atoms with E-state index in [2.05, 4.69) is 35.3 Å². The summed E-state index contributed by atoms with van der Waals surface area (Å²) >= 11 is 0. The molecule has 1 aliphatic heterocycles. The highest BCUT2D eigenvalue weighted by Crippen LogP contribution is 2.24.